The van der Waals surface area contributed by atoms with Gasteiger partial charge in [-0.2, -0.15) is 0 Å². The van der Waals surface area contributed by atoms with Gasteiger partial charge in [0.25, 0.3) is 5.56 Å². The molecule has 5 nitrogen and oxygen atoms in total. The molecule has 1 saturated heterocycles. The van der Waals surface area contributed by atoms with Gasteiger partial charge in [0.15, 0.2) is 0 Å². The zero-order valence-electron chi connectivity index (χ0n) is 14.4. The number of aromatic nitrogens is 2. The number of morpholine rings is 1. The highest BCUT2D eigenvalue weighted by Crippen LogP contribution is 2.30. The van der Waals surface area contributed by atoms with Crippen molar-refractivity contribution in [1.29, 1.82) is 0 Å². The van der Waals surface area contributed by atoms with Gasteiger partial charge >= 0.3 is 0 Å². The third kappa shape index (κ3) is 3.38. The molecule has 0 aliphatic carbocycles. The summed E-state index contributed by atoms with van der Waals surface area (Å²) in [6.07, 6.45) is 0.399. The van der Waals surface area contributed by atoms with Gasteiger partial charge in [0.2, 0.25) is 0 Å². The molecule has 130 valence electrons. The summed E-state index contributed by atoms with van der Waals surface area (Å²) >= 11 is 1.53. The quantitative estimate of drug-likeness (QED) is 0.783. The molecule has 1 N–H and O–H groups in total. The Morgan fingerprint density at radius 1 is 1.24 bits per heavy atom. The maximum atomic E-state index is 12.7. The van der Waals surface area contributed by atoms with Crippen LogP contribution >= 0.6 is 11.3 Å². The van der Waals surface area contributed by atoms with Crippen molar-refractivity contribution in [3.63, 3.8) is 0 Å². The third-order valence-corrected chi connectivity index (χ3v) is 5.32. The van der Waals surface area contributed by atoms with E-state index in [4.69, 9.17) is 9.72 Å². The van der Waals surface area contributed by atoms with Crippen molar-refractivity contribution >= 4 is 21.6 Å². The summed E-state index contributed by atoms with van der Waals surface area (Å²) < 4.78 is 5.77. The Balaban J connectivity index is 1.66. The van der Waals surface area contributed by atoms with Crippen LogP contribution in [0, 0.1) is 0 Å². The summed E-state index contributed by atoms with van der Waals surface area (Å²) in [7, 11) is 0. The molecule has 0 amide bonds. The molecule has 0 spiro atoms. The van der Waals surface area contributed by atoms with E-state index in [-0.39, 0.29) is 17.8 Å². The first kappa shape index (κ1) is 16.4. The van der Waals surface area contributed by atoms with E-state index in [9.17, 15) is 4.79 Å². The second kappa shape index (κ2) is 6.71. The first-order chi connectivity index (χ1) is 12.1. The van der Waals surface area contributed by atoms with Crippen LogP contribution < -0.4 is 5.56 Å². The second-order valence-corrected chi connectivity index (χ2v) is 7.52. The molecule has 4 rings (SSSR count). The molecule has 0 saturated carbocycles. The predicted molar refractivity (Wildman–Crippen MR) is 101 cm³/mol. The van der Waals surface area contributed by atoms with E-state index in [1.807, 2.05) is 35.7 Å². The molecule has 25 heavy (non-hydrogen) atoms. The molecule has 3 heterocycles. The van der Waals surface area contributed by atoms with Gasteiger partial charge in [0.1, 0.15) is 10.7 Å². The van der Waals surface area contributed by atoms with E-state index < -0.39 is 0 Å². The van der Waals surface area contributed by atoms with Gasteiger partial charge in [0.05, 0.1) is 24.1 Å². The predicted octanol–water partition coefficient (Wildman–Crippen LogP) is 3.26. The minimum Gasteiger partial charge on any atom is -0.373 e. The van der Waals surface area contributed by atoms with Crippen LogP contribution in [-0.4, -0.2) is 40.2 Å². The highest BCUT2D eigenvalue weighted by Gasteiger charge is 2.23. The number of benzene rings is 1. The normalized spacial score (nSPS) is 21.7. The lowest BCUT2D eigenvalue weighted by Gasteiger charge is -2.34. The SMILES string of the molecule is C[C@@H]1CN(Cc2nc3scc(-c4ccccc4)c3c(=O)[nH]2)C[C@@H](C)O1. The van der Waals surface area contributed by atoms with Crippen LogP contribution in [0.5, 0.6) is 0 Å². The molecule has 6 heteroatoms. The van der Waals surface area contributed by atoms with Crippen LogP contribution in [0.3, 0.4) is 0 Å². The zero-order valence-corrected chi connectivity index (χ0v) is 15.2. The fourth-order valence-corrected chi connectivity index (χ4v) is 4.49. The first-order valence-corrected chi connectivity index (χ1v) is 9.42. The van der Waals surface area contributed by atoms with Crippen LogP contribution in [0.2, 0.25) is 0 Å². The summed E-state index contributed by atoms with van der Waals surface area (Å²) in [4.78, 5) is 23.5. The maximum Gasteiger partial charge on any atom is 0.260 e. The number of hydrogen-bond acceptors (Lipinski definition) is 5. The fourth-order valence-electron chi connectivity index (χ4n) is 3.52. The standard InChI is InChI=1S/C19H21N3O2S/c1-12-8-22(9-13(2)24-12)10-16-20-18(23)17-15(11-25-19(17)21-16)14-6-4-3-5-7-14/h3-7,11-13H,8-10H2,1-2H3,(H,20,21,23)/t12-,13-/m1/s1. The van der Waals surface area contributed by atoms with Gasteiger partial charge in [-0.1, -0.05) is 30.3 Å². The Labute approximate surface area is 150 Å². The fraction of sp³-hybridized carbons (Fsp3) is 0.368. The molecular weight excluding hydrogens is 334 g/mol. The lowest BCUT2D eigenvalue weighted by atomic mass is 10.1. The first-order valence-electron chi connectivity index (χ1n) is 8.54. The molecule has 1 fully saturated rings. The average molecular weight is 355 g/mol. The van der Waals surface area contributed by atoms with E-state index >= 15 is 0 Å². The molecule has 3 aromatic rings. The summed E-state index contributed by atoms with van der Waals surface area (Å²) in [5.41, 5.74) is 1.94. The van der Waals surface area contributed by atoms with Gasteiger partial charge in [-0.05, 0) is 19.4 Å². The van der Waals surface area contributed by atoms with Crippen molar-refractivity contribution < 1.29 is 4.74 Å². The van der Waals surface area contributed by atoms with Crippen LogP contribution in [0.25, 0.3) is 21.3 Å². The molecule has 1 aromatic carbocycles. The number of ether oxygens (including phenoxy) is 1. The number of hydrogen-bond donors (Lipinski definition) is 1. The number of rotatable bonds is 3. The Hall–Kier alpha value is -2.02. The number of nitrogens with zero attached hydrogens (tertiary/aromatic N) is 2. The van der Waals surface area contributed by atoms with E-state index in [0.717, 1.165) is 34.9 Å². The molecule has 0 bridgehead atoms. The largest absolute Gasteiger partial charge is 0.373 e. The van der Waals surface area contributed by atoms with Crippen molar-refractivity contribution in [2.75, 3.05) is 13.1 Å². The third-order valence-electron chi connectivity index (χ3n) is 4.45. The van der Waals surface area contributed by atoms with Crippen LogP contribution in [-0.2, 0) is 11.3 Å². The van der Waals surface area contributed by atoms with E-state index in [0.29, 0.717) is 11.9 Å². The van der Waals surface area contributed by atoms with Gasteiger partial charge in [0, 0.05) is 24.0 Å². The molecule has 2 atom stereocenters. The lowest BCUT2D eigenvalue weighted by molar-refractivity contribution is -0.0710. The van der Waals surface area contributed by atoms with Crippen LogP contribution in [0.1, 0.15) is 19.7 Å². The van der Waals surface area contributed by atoms with E-state index in [2.05, 4.69) is 23.7 Å². The number of fused-ring (bicyclic) bond motifs is 1. The highest BCUT2D eigenvalue weighted by atomic mass is 32.1. The lowest BCUT2D eigenvalue weighted by Crippen LogP contribution is -2.45. The number of H-pyrrole nitrogens is 1. The summed E-state index contributed by atoms with van der Waals surface area (Å²) in [6.45, 7) is 6.50. The van der Waals surface area contributed by atoms with Crippen LogP contribution in [0.4, 0.5) is 0 Å². The number of nitrogens with one attached hydrogen (secondary N) is 1. The highest BCUT2D eigenvalue weighted by molar-refractivity contribution is 7.17. The van der Waals surface area contributed by atoms with Gasteiger partial charge in [-0.15, -0.1) is 11.3 Å². The van der Waals surface area contributed by atoms with Gasteiger partial charge in [-0.25, -0.2) is 4.98 Å². The molecule has 2 aromatic heterocycles. The van der Waals surface area contributed by atoms with E-state index in [1.54, 1.807) is 0 Å². The Kier molecular flexibility index (Phi) is 4.41. The van der Waals surface area contributed by atoms with Gasteiger partial charge in [-0.3, -0.25) is 9.69 Å². The smallest absolute Gasteiger partial charge is 0.260 e. The maximum absolute atomic E-state index is 12.7. The molecule has 0 radical (unpaired) electrons. The number of aromatic amines is 1. The monoisotopic (exact) mass is 355 g/mol. The average Bonchev–Trinajstić information content (AvgIpc) is 2.99. The summed E-state index contributed by atoms with van der Waals surface area (Å²) in [5, 5.41) is 2.70. The van der Waals surface area contributed by atoms with Crippen LogP contribution in [0.15, 0.2) is 40.5 Å². The van der Waals surface area contributed by atoms with Crippen molar-refractivity contribution in [2.45, 2.75) is 32.6 Å². The minimum atomic E-state index is -0.0607. The van der Waals surface area contributed by atoms with Crippen molar-refractivity contribution in [3.05, 3.63) is 51.9 Å². The minimum absolute atomic E-state index is 0.0607. The van der Waals surface area contributed by atoms with Crippen molar-refractivity contribution in [2.24, 2.45) is 0 Å². The molecule has 0 unspecified atom stereocenters. The number of thiophene rings is 1. The topological polar surface area (TPSA) is 58.2 Å². The molecule has 1 aliphatic heterocycles. The van der Waals surface area contributed by atoms with Gasteiger partial charge < -0.3 is 9.72 Å². The van der Waals surface area contributed by atoms with E-state index in [1.165, 1.54) is 11.3 Å². The van der Waals surface area contributed by atoms with Crippen molar-refractivity contribution in [3.8, 4) is 11.1 Å². The van der Waals surface area contributed by atoms with Crippen molar-refractivity contribution in [1.82, 2.24) is 14.9 Å². The Morgan fingerprint density at radius 2 is 1.96 bits per heavy atom. The molecular formula is C19H21N3O2S. The zero-order chi connectivity index (χ0) is 17.4. The summed E-state index contributed by atoms with van der Waals surface area (Å²) in [6, 6.07) is 9.98. The Morgan fingerprint density at radius 3 is 2.68 bits per heavy atom. The Bertz CT molecular complexity index is 925. The summed E-state index contributed by atoms with van der Waals surface area (Å²) in [5.74, 6) is 0.722. The molecule has 1 aliphatic rings. The second-order valence-electron chi connectivity index (χ2n) is 6.66.